The fourth-order valence-corrected chi connectivity index (χ4v) is 2.72. The van der Waals surface area contributed by atoms with Crippen LogP contribution in [0.2, 0.25) is 0 Å². The monoisotopic (exact) mass is 370 g/mol. The molecule has 0 aromatic heterocycles. The lowest BCUT2D eigenvalue weighted by atomic mass is 9.80. The van der Waals surface area contributed by atoms with E-state index >= 15 is 0 Å². The molecule has 0 amide bonds. The van der Waals surface area contributed by atoms with Crippen LogP contribution in [0.4, 0.5) is 17.6 Å². The topological polar surface area (TPSA) is 85.3 Å². The van der Waals surface area contributed by atoms with Gasteiger partial charge in [0.05, 0.1) is 23.7 Å². The second kappa shape index (κ2) is 7.07. The van der Waals surface area contributed by atoms with E-state index in [4.69, 9.17) is 15.2 Å². The van der Waals surface area contributed by atoms with E-state index in [-0.39, 0.29) is 12.4 Å². The average molecular weight is 370 g/mol. The number of carbonyl (C=O) groups excluding carboxylic acids is 1. The van der Waals surface area contributed by atoms with Gasteiger partial charge in [0.25, 0.3) is 0 Å². The highest BCUT2D eigenvalue weighted by Crippen LogP contribution is 2.45. The number of ether oxygens (including phenoxy) is 2. The number of rotatable bonds is 3. The Morgan fingerprint density at radius 3 is 2.62 bits per heavy atom. The fourth-order valence-electron chi connectivity index (χ4n) is 2.72. The van der Waals surface area contributed by atoms with E-state index in [1.54, 1.807) is 6.07 Å². The van der Waals surface area contributed by atoms with Crippen LogP contribution in [0.3, 0.4) is 0 Å². The van der Waals surface area contributed by atoms with Gasteiger partial charge in [-0.25, -0.2) is 9.18 Å². The highest BCUT2D eigenvalue weighted by molar-refractivity contribution is 5.92. The van der Waals surface area contributed by atoms with Gasteiger partial charge < -0.3 is 15.2 Å². The largest absolute Gasteiger partial charge is 0.463 e. The molecule has 9 heteroatoms. The minimum atomic E-state index is -4.92. The predicted molar refractivity (Wildman–Crippen MR) is 81.4 cm³/mol. The molecule has 0 fully saturated rings. The molecule has 0 saturated carbocycles. The van der Waals surface area contributed by atoms with E-state index in [0.29, 0.717) is 6.07 Å². The van der Waals surface area contributed by atoms with Crippen molar-refractivity contribution in [3.63, 3.8) is 0 Å². The van der Waals surface area contributed by atoms with Crippen molar-refractivity contribution in [3.8, 4) is 6.07 Å². The number of esters is 1. The molecular weight excluding hydrogens is 356 g/mol. The molecule has 2 rings (SSSR count). The average Bonchev–Trinajstić information content (AvgIpc) is 2.53. The van der Waals surface area contributed by atoms with Crippen molar-refractivity contribution < 1.29 is 31.8 Å². The Hall–Kier alpha value is -3.02. The van der Waals surface area contributed by atoms with Gasteiger partial charge in [-0.15, -0.1) is 0 Å². The van der Waals surface area contributed by atoms with Crippen LogP contribution < -0.4 is 5.73 Å². The highest BCUT2D eigenvalue weighted by Gasteiger charge is 2.43. The van der Waals surface area contributed by atoms with Crippen LogP contribution in [0, 0.1) is 17.1 Å². The summed E-state index contributed by atoms with van der Waals surface area (Å²) in [6.45, 7) is 2.69. The number of benzene rings is 1. The van der Waals surface area contributed by atoms with Crippen LogP contribution in [-0.2, 0) is 20.4 Å². The number of allylic oxidation sites excluding steroid dienone is 2. The molecule has 5 nitrogen and oxygen atoms in total. The first kappa shape index (κ1) is 19.3. The van der Waals surface area contributed by atoms with E-state index in [2.05, 4.69) is 0 Å². The van der Waals surface area contributed by atoms with Crippen LogP contribution >= 0.6 is 0 Å². The summed E-state index contributed by atoms with van der Waals surface area (Å²) >= 11 is 0. The summed E-state index contributed by atoms with van der Waals surface area (Å²) in [5.74, 6) is -4.63. The standard InChI is InChI=1S/C17H14F4N2O3/c1-3-25-16(24)12-8(2)26-15(23)9(7-22)13(12)14-10(17(19,20)21)5-4-6-11(14)18/h4-6,13H,3,23H2,1-2H3. The Bertz CT molecular complexity index is 851. The number of nitrogens with zero attached hydrogens (tertiary/aromatic N) is 1. The summed E-state index contributed by atoms with van der Waals surface area (Å²) in [6.07, 6.45) is -4.92. The number of carbonyl (C=O) groups is 1. The summed E-state index contributed by atoms with van der Waals surface area (Å²) in [4.78, 5) is 12.3. The van der Waals surface area contributed by atoms with Gasteiger partial charge in [0.1, 0.15) is 23.2 Å². The lowest BCUT2D eigenvalue weighted by Gasteiger charge is -2.28. The molecule has 1 unspecified atom stereocenters. The van der Waals surface area contributed by atoms with Crippen molar-refractivity contribution in [2.24, 2.45) is 5.73 Å². The number of hydrogen-bond acceptors (Lipinski definition) is 5. The molecule has 0 bridgehead atoms. The molecule has 26 heavy (non-hydrogen) atoms. The van der Waals surface area contributed by atoms with Gasteiger partial charge in [-0.3, -0.25) is 0 Å². The Balaban J connectivity index is 2.84. The third-order valence-corrected chi connectivity index (χ3v) is 3.75. The number of halogens is 4. The Kier molecular flexibility index (Phi) is 5.25. The molecular formula is C17H14F4N2O3. The molecule has 0 spiro atoms. The maximum absolute atomic E-state index is 14.5. The van der Waals surface area contributed by atoms with E-state index in [9.17, 15) is 27.6 Å². The minimum absolute atomic E-state index is 0.0766. The number of alkyl halides is 3. The third kappa shape index (κ3) is 3.35. The summed E-state index contributed by atoms with van der Waals surface area (Å²) in [5.41, 5.74) is 2.48. The zero-order chi connectivity index (χ0) is 19.6. The molecule has 0 aliphatic carbocycles. The number of nitrogens with two attached hydrogens (primary N) is 1. The maximum atomic E-state index is 14.5. The van der Waals surface area contributed by atoms with Crippen LogP contribution in [0.1, 0.15) is 30.9 Å². The first-order valence-corrected chi connectivity index (χ1v) is 7.44. The second-order valence-corrected chi connectivity index (χ2v) is 5.31. The summed E-state index contributed by atoms with van der Waals surface area (Å²) in [5, 5.41) is 9.35. The quantitative estimate of drug-likeness (QED) is 0.650. The van der Waals surface area contributed by atoms with Gasteiger partial charge in [-0.1, -0.05) is 6.07 Å². The van der Waals surface area contributed by atoms with Gasteiger partial charge in [0, 0.05) is 5.56 Å². The number of nitriles is 1. The number of hydrogen-bond donors (Lipinski definition) is 1. The van der Waals surface area contributed by atoms with E-state index < -0.39 is 52.0 Å². The van der Waals surface area contributed by atoms with Gasteiger partial charge in [0.2, 0.25) is 5.88 Å². The maximum Gasteiger partial charge on any atom is 0.416 e. The first-order chi connectivity index (χ1) is 12.1. The molecule has 1 heterocycles. The van der Waals surface area contributed by atoms with Crippen molar-refractivity contribution >= 4 is 5.97 Å². The molecule has 1 aromatic carbocycles. The predicted octanol–water partition coefficient (Wildman–Crippen LogP) is 3.49. The normalized spacial score (nSPS) is 17.7. The smallest absolute Gasteiger partial charge is 0.416 e. The van der Waals surface area contributed by atoms with Crippen molar-refractivity contribution in [1.29, 1.82) is 5.26 Å². The summed E-state index contributed by atoms with van der Waals surface area (Å²) in [7, 11) is 0. The van der Waals surface area contributed by atoms with Crippen LogP contribution in [0.25, 0.3) is 0 Å². The zero-order valence-corrected chi connectivity index (χ0v) is 13.8. The SMILES string of the molecule is CCOC(=O)C1=C(C)OC(N)=C(C#N)C1c1c(F)cccc1C(F)(F)F. The van der Waals surface area contributed by atoms with E-state index in [1.165, 1.54) is 13.8 Å². The van der Waals surface area contributed by atoms with E-state index in [0.717, 1.165) is 12.1 Å². The van der Waals surface area contributed by atoms with Crippen LogP contribution in [0.15, 0.2) is 41.0 Å². The zero-order valence-electron chi connectivity index (χ0n) is 13.8. The second-order valence-electron chi connectivity index (χ2n) is 5.31. The fraction of sp³-hybridized carbons (Fsp3) is 0.294. The molecule has 0 saturated heterocycles. The van der Waals surface area contributed by atoms with Crippen LogP contribution in [-0.4, -0.2) is 12.6 Å². The molecule has 2 N–H and O–H groups in total. The van der Waals surface area contributed by atoms with Crippen molar-refractivity contribution in [2.45, 2.75) is 25.9 Å². The Labute approximate surface area is 146 Å². The molecule has 1 aliphatic heterocycles. The molecule has 1 aliphatic rings. The van der Waals surface area contributed by atoms with Gasteiger partial charge in [-0.05, 0) is 26.0 Å². The molecule has 1 aromatic rings. The lowest BCUT2D eigenvalue weighted by molar-refractivity contribution is -0.141. The highest BCUT2D eigenvalue weighted by atomic mass is 19.4. The lowest BCUT2D eigenvalue weighted by Crippen LogP contribution is -2.28. The van der Waals surface area contributed by atoms with Gasteiger partial charge >= 0.3 is 12.1 Å². The summed E-state index contributed by atoms with van der Waals surface area (Å²) < 4.78 is 64.7. The third-order valence-electron chi connectivity index (χ3n) is 3.75. The van der Waals surface area contributed by atoms with Gasteiger partial charge in [0.15, 0.2) is 0 Å². The molecule has 138 valence electrons. The van der Waals surface area contributed by atoms with Gasteiger partial charge in [-0.2, -0.15) is 18.4 Å². The van der Waals surface area contributed by atoms with Crippen LogP contribution in [0.5, 0.6) is 0 Å². The molecule has 0 radical (unpaired) electrons. The molecule has 1 atom stereocenters. The van der Waals surface area contributed by atoms with E-state index in [1.807, 2.05) is 0 Å². The first-order valence-electron chi connectivity index (χ1n) is 7.44. The Morgan fingerprint density at radius 1 is 1.42 bits per heavy atom. The van der Waals surface area contributed by atoms with Crippen molar-refractivity contribution in [3.05, 3.63) is 57.9 Å². The summed E-state index contributed by atoms with van der Waals surface area (Å²) in [6, 6.07) is 3.97. The van der Waals surface area contributed by atoms with Crippen molar-refractivity contribution in [2.75, 3.05) is 6.61 Å². The van der Waals surface area contributed by atoms with Crippen molar-refractivity contribution in [1.82, 2.24) is 0 Å². The minimum Gasteiger partial charge on any atom is -0.463 e. The Morgan fingerprint density at radius 2 is 2.08 bits per heavy atom.